The van der Waals surface area contributed by atoms with Crippen LogP contribution in [-0.2, 0) is 4.57 Å². The second kappa shape index (κ2) is 8.11. The van der Waals surface area contributed by atoms with Crippen LogP contribution in [0.25, 0.3) is 10.8 Å². The van der Waals surface area contributed by atoms with E-state index in [1.807, 2.05) is 29.2 Å². The number of ether oxygens (including phenoxy) is 1. The Morgan fingerprint density at radius 3 is 2.17 bits per heavy atom. The van der Waals surface area contributed by atoms with Crippen molar-refractivity contribution in [3.8, 4) is 5.75 Å². The first-order valence-corrected chi connectivity index (χ1v) is 11.2. The average Bonchev–Trinajstić information content (AvgIpc) is 2.77. The molecule has 0 bridgehead atoms. The van der Waals surface area contributed by atoms with Gasteiger partial charge in [-0.05, 0) is 59.3 Å². The summed E-state index contributed by atoms with van der Waals surface area (Å²) in [6.45, 7) is 2.74. The van der Waals surface area contributed by atoms with Crippen LogP contribution in [0.15, 0.2) is 60.7 Å². The van der Waals surface area contributed by atoms with Gasteiger partial charge in [-0.2, -0.15) is 0 Å². The molecule has 1 aliphatic rings. The predicted molar refractivity (Wildman–Crippen MR) is 117 cm³/mol. The highest BCUT2D eigenvalue weighted by atomic mass is 31.2. The van der Waals surface area contributed by atoms with Gasteiger partial charge in [0.2, 0.25) is 0 Å². The van der Waals surface area contributed by atoms with Gasteiger partial charge >= 0.3 is 7.60 Å². The third-order valence-corrected chi connectivity index (χ3v) is 6.36. The molecule has 1 fully saturated rings. The molecule has 30 heavy (non-hydrogen) atoms. The molecule has 3 aromatic rings. The number of amides is 1. The smallest absolute Gasteiger partial charge is 0.356 e. The molecule has 0 spiro atoms. The highest BCUT2D eigenvalue weighted by molar-refractivity contribution is 7.60. The summed E-state index contributed by atoms with van der Waals surface area (Å²) in [5.41, 5.74) is 1.68. The minimum absolute atomic E-state index is 0.0243. The Labute approximate surface area is 174 Å². The van der Waals surface area contributed by atoms with Crippen molar-refractivity contribution < 1.29 is 23.9 Å². The molecule has 7 nitrogen and oxygen atoms in total. The van der Waals surface area contributed by atoms with Crippen molar-refractivity contribution in [2.24, 2.45) is 0 Å². The van der Waals surface area contributed by atoms with Gasteiger partial charge in [-0.1, -0.05) is 12.1 Å². The van der Waals surface area contributed by atoms with Crippen molar-refractivity contribution in [1.29, 1.82) is 0 Å². The Kier molecular flexibility index (Phi) is 5.52. The number of hydrogen-bond acceptors (Lipinski definition) is 4. The zero-order valence-electron chi connectivity index (χ0n) is 16.6. The largest absolute Gasteiger partial charge is 0.497 e. The fraction of sp³-hybridized carbons (Fsp3) is 0.227. The zero-order valence-corrected chi connectivity index (χ0v) is 17.5. The highest BCUT2D eigenvalue weighted by Gasteiger charge is 2.23. The number of carbonyl (C=O) groups is 1. The van der Waals surface area contributed by atoms with Gasteiger partial charge in [-0.25, -0.2) is 0 Å². The molecule has 1 amide bonds. The zero-order chi connectivity index (χ0) is 21.3. The fourth-order valence-electron chi connectivity index (χ4n) is 3.69. The van der Waals surface area contributed by atoms with Crippen LogP contribution in [0.2, 0.25) is 0 Å². The lowest BCUT2D eigenvalue weighted by molar-refractivity contribution is 0.0747. The van der Waals surface area contributed by atoms with Crippen molar-refractivity contribution in [3.63, 3.8) is 0 Å². The third kappa shape index (κ3) is 4.19. The normalized spacial score (nSPS) is 14.8. The van der Waals surface area contributed by atoms with E-state index in [9.17, 15) is 19.1 Å². The Morgan fingerprint density at radius 1 is 0.900 bits per heavy atom. The number of methoxy groups -OCH3 is 1. The lowest BCUT2D eigenvalue weighted by Gasteiger charge is -2.36. The van der Waals surface area contributed by atoms with E-state index < -0.39 is 7.60 Å². The Hall–Kier alpha value is -2.86. The van der Waals surface area contributed by atoms with E-state index >= 15 is 0 Å². The van der Waals surface area contributed by atoms with Gasteiger partial charge in [0.1, 0.15) is 5.75 Å². The fourth-order valence-corrected chi connectivity index (χ4v) is 4.27. The van der Waals surface area contributed by atoms with Crippen LogP contribution in [-0.4, -0.2) is 53.9 Å². The monoisotopic (exact) mass is 426 g/mol. The summed E-state index contributed by atoms with van der Waals surface area (Å²) in [5, 5.41) is 1.44. The predicted octanol–water partition coefficient (Wildman–Crippen LogP) is 2.61. The molecule has 1 heterocycles. The van der Waals surface area contributed by atoms with Gasteiger partial charge in [-0.3, -0.25) is 9.36 Å². The maximum atomic E-state index is 13.0. The van der Waals surface area contributed by atoms with E-state index in [1.54, 1.807) is 31.4 Å². The van der Waals surface area contributed by atoms with Gasteiger partial charge < -0.3 is 24.3 Å². The van der Waals surface area contributed by atoms with Crippen LogP contribution in [0.3, 0.4) is 0 Å². The Morgan fingerprint density at radius 2 is 1.53 bits per heavy atom. The lowest BCUT2D eigenvalue weighted by Crippen LogP contribution is -2.48. The number of carbonyl (C=O) groups excluding carboxylic acids is 1. The molecule has 156 valence electrons. The van der Waals surface area contributed by atoms with Crippen LogP contribution in [0.1, 0.15) is 10.4 Å². The molecule has 3 aromatic carbocycles. The molecule has 1 saturated heterocycles. The van der Waals surface area contributed by atoms with Gasteiger partial charge in [-0.15, -0.1) is 0 Å². The van der Waals surface area contributed by atoms with Crippen LogP contribution < -0.4 is 14.9 Å². The maximum Gasteiger partial charge on any atom is 0.356 e. The first-order chi connectivity index (χ1) is 14.3. The molecule has 4 rings (SSSR count). The second-order valence-electron chi connectivity index (χ2n) is 7.27. The Bertz CT molecular complexity index is 1120. The minimum atomic E-state index is -4.30. The number of nitrogens with zero attached hydrogens (tertiary/aromatic N) is 2. The molecule has 8 heteroatoms. The SMILES string of the molecule is COc1ccc(N2CCN(C(=O)c3ccc4cc(P(=O)(O)O)ccc4c3)CC2)cc1. The van der Waals surface area contributed by atoms with Crippen LogP contribution in [0.5, 0.6) is 5.75 Å². The topological polar surface area (TPSA) is 90.3 Å². The second-order valence-corrected chi connectivity index (χ2v) is 8.87. The molecule has 2 N–H and O–H groups in total. The third-order valence-electron chi connectivity index (χ3n) is 5.41. The molecular weight excluding hydrogens is 403 g/mol. The highest BCUT2D eigenvalue weighted by Crippen LogP contribution is 2.34. The van der Waals surface area contributed by atoms with Gasteiger partial charge in [0.05, 0.1) is 12.4 Å². The van der Waals surface area contributed by atoms with Crippen LogP contribution in [0.4, 0.5) is 5.69 Å². The summed E-state index contributed by atoms with van der Waals surface area (Å²) in [4.78, 5) is 35.7. The van der Waals surface area contributed by atoms with Gasteiger partial charge in [0.25, 0.3) is 5.91 Å². The lowest BCUT2D eigenvalue weighted by atomic mass is 10.1. The van der Waals surface area contributed by atoms with Crippen molar-refractivity contribution >= 4 is 35.3 Å². The van der Waals surface area contributed by atoms with E-state index in [4.69, 9.17) is 4.74 Å². The van der Waals surface area contributed by atoms with Crippen molar-refractivity contribution in [3.05, 3.63) is 66.2 Å². The molecule has 0 unspecified atom stereocenters. The summed E-state index contributed by atoms with van der Waals surface area (Å²) in [6, 6.07) is 17.6. The summed E-state index contributed by atoms with van der Waals surface area (Å²) in [7, 11) is -2.66. The van der Waals surface area contributed by atoms with E-state index in [0.717, 1.165) is 29.9 Å². The first kappa shape index (κ1) is 20.4. The van der Waals surface area contributed by atoms with Crippen LogP contribution in [0, 0.1) is 0 Å². The number of piperazine rings is 1. The standard InChI is InChI=1S/C22H23N2O5P/c1-29-20-7-5-19(6-8-20)23-10-12-24(13-11-23)22(25)18-3-2-17-15-21(30(26,27)28)9-4-16(17)14-18/h2-9,14-15H,10-13H2,1H3,(H2,26,27,28). The van der Waals surface area contributed by atoms with Crippen molar-refractivity contribution in [2.75, 3.05) is 38.2 Å². The molecule has 0 atom stereocenters. The molecule has 0 aromatic heterocycles. The quantitative estimate of drug-likeness (QED) is 0.624. The van der Waals surface area contributed by atoms with E-state index in [1.165, 1.54) is 12.1 Å². The summed E-state index contributed by atoms with van der Waals surface area (Å²) >= 11 is 0. The van der Waals surface area contributed by atoms with Crippen molar-refractivity contribution in [1.82, 2.24) is 4.90 Å². The number of hydrogen-bond donors (Lipinski definition) is 2. The number of fused-ring (bicyclic) bond motifs is 1. The Balaban J connectivity index is 1.45. The van der Waals surface area contributed by atoms with E-state index in [-0.39, 0.29) is 11.2 Å². The minimum Gasteiger partial charge on any atom is -0.497 e. The number of anilines is 1. The average molecular weight is 426 g/mol. The molecule has 0 aliphatic carbocycles. The molecule has 0 saturated carbocycles. The van der Waals surface area contributed by atoms with Crippen LogP contribution >= 0.6 is 7.60 Å². The van der Waals surface area contributed by atoms with Gasteiger partial charge in [0, 0.05) is 37.4 Å². The first-order valence-electron chi connectivity index (χ1n) is 9.63. The summed E-state index contributed by atoms with van der Waals surface area (Å²) in [6.07, 6.45) is 0. The van der Waals surface area contributed by atoms with E-state index in [2.05, 4.69) is 4.90 Å². The van der Waals surface area contributed by atoms with E-state index in [0.29, 0.717) is 24.0 Å². The summed E-state index contributed by atoms with van der Waals surface area (Å²) in [5.74, 6) is 0.780. The molecule has 1 aliphatic heterocycles. The van der Waals surface area contributed by atoms with Gasteiger partial charge in [0.15, 0.2) is 0 Å². The number of benzene rings is 3. The molecular formula is C22H23N2O5P. The maximum absolute atomic E-state index is 13.0. The van der Waals surface area contributed by atoms with Crippen molar-refractivity contribution in [2.45, 2.75) is 0 Å². The number of rotatable bonds is 4. The summed E-state index contributed by atoms with van der Waals surface area (Å²) < 4.78 is 16.6. The molecule has 0 radical (unpaired) electrons.